The van der Waals surface area contributed by atoms with E-state index in [0.717, 1.165) is 13.2 Å². The minimum absolute atomic E-state index is 0.365. The standard InChI is InChI=1S/C9H19NO/c1-8(2)11-7-6-10-9(3)4-5-9/h8,10H,4-7H2,1-3H3. The van der Waals surface area contributed by atoms with Gasteiger partial charge >= 0.3 is 0 Å². The Kier molecular flexibility index (Phi) is 2.90. The van der Waals surface area contributed by atoms with Gasteiger partial charge in [-0.3, -0.25) is 0 Å². The molecule has 0 aromatic heterocycles. The lowest BCUT2D eigenvalue weighted by atomic mass is 10.3. The topological polar surface area (TPSA) is 21.3 Å². The third kappa shape index (κ3) is 3.73. The first kappa shape index (κ1) is 9.01. The van der Waals surface area contributed by atoms with E-state index in [1.165, 1.54) is 12.8 Å². The van der Waals surface area contributed by atoms with Gasteiger partial charge in [0.1, 0.15) is 0 Å². The molecule has 0 bridgehead atoms. The van der Waals surface area contributed by atoms with Gasteiger partial charge in [0.05, 0.1) is 12.7 Å². The van der Waals surface area contributed by atoms with Gasteiger partial charge in [-0.1, -0.05) is 0 Å². The van der Waals surface area contributed by atoms with Crippen LogP contribution >= 0.6 is 0 Å². The Labute approximate surface area is 69.3 Å². The highest BCUT2D eigenvalue weighted by Gasteiger charge is 2.35. The fourth-order valence-electron chi connectivity index (χ4n) is 1.01. The molecule has 0 heterocycles. The molecule has 0 amide bonds. The highest BCUT2D eigenvalue weighted by Crippen LogP contribution is 2.33. The largest absolute Gasteiger partial charge is 0.377 e. The summed E-state index contributed by atoms with van der Waals surface area (Å²) in [5.41, 5.74) is 0.459. The van der Waals surface area contributed by atoms with Gasteiger partial charge < -0.3 is 10.1 Å². The predicted octanol–water partition coefficient (Wildman–Crippen LogP) is 1.55. The van der Waals surface area contributed by atoms with Crippen molar-refractivity contribution in [2.75, 3.05) is 13.2 Å². The molecule has 1 aliphatic carbocycles. The molecule has 0 unspecified atom stereocenters. The smallest absolute Gasteiger partial charge is 0.0594 e. The van der Waals surface area contributed by atoms with Crippen molar-refractivity contribution >= 4 is 0 Å². The highest BCUT2D eigenvalue weighted by molar-refractivity contribution is 4.97. The molecule has 0 aromatic carbocycles. The average Bonchev–Trinajstić information content (AvgIpc) is 2.62. The average molecular weight is 157 g/mol. The van der Waals surface area contributed by atoms with Crippen molar-refractivity contribution in [3.8, 4) is 0 Å². The summed E-state index contributed by atoms with van der Waals surface area (Å²) in [6.45, 7) is 8.24. The van der Waals surface area contributed by atoms with E-state index in [1.807, 2.05) is 0 Å². The van der Waals surface area contributed by atoms with E-state index in [9.17, 15) is 0 Å². The van der Waals surface area contributed by atoms with E-state index in [0.29, 0.717) is 11.6 Å². The minimum Gasteiger partial charge on any atom is -0.377 e. The Bertz CT molecular complexity index is 119. The van der Waals surface area contributed by atoms with Crippen LogP contribution in [0.5, 0.6) is 0 Å². The van der Waals surface area contributed by atoms with E-state index in [2.05, 4.69) is 26.1 Å². The van der Waals surface area contributed by atoms with Gasteiger partial charge in [0.2, 0.25) is 0 Å². The zero-order chi connectivity index (χ0) is 8.32. The molecule has 0 aliphatic heterocycles. The van der Waals surface area contributed by atoms with Gasteiger partial charge in [0.25, 0.3) is 0 Å². The normalized spacial score (nSPS) is 20.7. The molecular weight excluding hydrogens is 138 g/mol. The first-order valence-electron chi connectivity index (χ1n) is 4.49. The van der Waals surface area contributed by atoms with Crippen molar-refractivity contribution in [1.82, 2.24) is 5.32 Å². The second kappa shape index (κ2) is 3.55. The first-order valence-corrected chi connectivity index (χ1v) is 4.49. The van der Waals surface area contributed by atoms with Crippen molar-refractivity contribution in [2.24, 2.45) is 0 Å². The zero-order valence-corrected chi connectivity index (χ0v) is 7.81. The van der Waals surface area contributed by atoms with Gasteiger partial charge in [0, 0.05) is 12.1 Å². The van der Waals surface area contributed by atoms with Crippen LogP contribution in [-0.4, -0.2) is 24.8 Å². The summed E-state index contributed by atoms with van der Waals surface area (Å²) in [5.74, 6) is 0. The molecule has 11 heavy (non-hydrogen) atoms. The van der Waals surface area contributed by atoms with Gasteiger partial charge in [-0.2, -0.15) is 0 Å². The zero-order valence-electron chi connectivity index (χ0n) is 7.81. The van der Waals surface area contributed by atoms with E-state index in [-0.39, 0.29) is 0 Å². The van der Waals surface area contributed by atoms with Crippen LogP contribution in [-0.2, 0) is 4.74 Å². The van der Waals surface area contributed by atoms with E-state index < -0.39 is 0 Å². The quantitative estimate of drug-likeness (QED) is 0.611. The summed E-state index contributed by atoms with van der Waals surface area (Å²) in [4.78, 5) is 0. The Morgan fingerprint density at radius 3 is 2.55 bits per heavy atom. The van der Waals surface area contributed by atoms with Gasteiger partial charge in [0.15, 0.2) is 0 Å². The number of ether oxygens (including phenoxy) is 1. The molecule has 1 saturated carbocycles. The van der Waals surface area contributed by atoms with Crippen molar-refractivity contribution in [1.29, 1.82) is 0 Å². The lowest BCUT2D eigenvalue weighted by Gasteiger charge is -2.12. The van der Waals surface area contributed by atoms with E-state index in [1.54, 1.807) is 0 Å². The molecular formula is C9H19NO. The van der Waals surface area contributed by atoms with Crippen LogP contribution in [0.4, 0.5) is 0 Å². The molecule has 0 saturated heterocycles. The van der Waals surface area contributed by atoms with Crippen LogP contribution in [0, 0.1) is 0 Å². The molecule has 0 atom stereocenters. The molecule has 0 radical (unpaired) electrons. The van der Waals surface area contributed by atoms with Crippen LogP contribution in [0.15, 0.2) is 0 Å². The molecule has 2 heteroatoms. The monoisotopic (exact) mass is 157 g/mol. The second-order valence-corrected chi connectivity index (χ2v) is 3.91. The lowest BCUT2D eigenvalue weighted by molar-refractivity contribution is 0.0791. The molecule has 1 rings (SSSR count). The van der Waals surface area contributed by atoms with Crippen LogP contribution < -0.4 is 5.32 Å². The summed E-state index contributed by atoms with van der Waals surface area (Å²) >= 11 is 0. The van der Waals surface area contributed by atoms with Crippen molar-refractivity contribution < 1.29 is 4.74 Å². The van der Waals surface area contributed by atoms with Gasteiger partial charge in [-0.15, -0.1) is 0 Å². The third-order valence-corrected chi connectivity index (χ3v) is 2.11. The van der Waals surface area contributed by atoms with Crippen molar-refractivity contribution in [2.45, 2.75) is 45.3 Å². The van der Waals surface area contributed by atoms with Crippen LogP contribution in [0.2, 0.25) is 0 Å². The molecule has 0 aromatic rings. The maximum atomic E-state index is 5.40. The molecule has 1 fully saturated rings. The summed E-state index contributed by atoms with van der Waals surface area (Å²) in [5, 5.41) is 3.46. The highest BCUT2D eigenvalue weighted by atomic mass is 16.5. The van der Waals surface area contributed by atoms with Crippen LogP contribution in [0.25, 0.3) is 0 Å². The van der Waals surface area contributed by atoms with E-state index in [4.69, 9.17) is 4.74 Å². The molecule has 2 nitrogen and oxygen atoms in total. The Morgan fingerprint density at radius 1 is 1.45 bits per heavy atom. The van der Waals surface area contributed by atoms with Crippen LogP contribution in [0.3, 0.4) is 0 Å². The first-order chi connectivity index (χ1) is 5.12. The third-order valence-electron chi connectivity index (χ3n) is 2.11. The molecule has 1 aliphatic rings. The summed E-state index contributed by atoms with van der Waals surface area (Å²) < 4.78 is 5.40. The fourth-order valence-corrected chi connectivity index (χ4v) is 1.01. The Hall–Kier alpha value is -0.0800. The van der Waals surface area contributed by atoms with Crippen LogP contribution in [0.1, 0.15) is 33.6 Å². The van der Waals surface area contributed by atoms with Crippen molar-refractivity contribution in [3.05, 3.63) is 0 Å². The van der Waals surface area contributed by atoms with Crippen molar-refractivity contribution in [3.63, 3.8) is 0 Å². The summed E-state index contributed by atoms with van der Waals surface area (Å²) in [6.07, 6.45) is 3.02. The fraction of sp³-hybridized carbons (Fsp3) is 1.00. The number of hydrogen-bond donors (Lipinski definition) is 1. The van der Waals surface area contributed by atoms with Gasteiger partial charge in [-0.05, 0) is 33.6 Å². The summed E-state index contributed by atoms with van der Waals surface area (Å²) in [7, 11) is 0. The lowest BCUT2D eigenvalue weighted by Crippen LogP contribution is -2.31. The molecule has 1 N–H and O–H groups in total. The maximum absolute atomic E-state index is 5.40. The number of nitrogens with one attached hydrogen (secondary N) is 1. The second-order valence-electron chi connectivity index (χ2n) is 3.91. The molecule has 66 valence electrons. The predicted molar refractivity (Wildman–Crippen MR) is 46.7 cm³/mol. The Balaban J connectivity index is 1.88. The molecule has 0 spiro atoms. The van der Waals surface area contributed by atoms with Gasteiger partial charge in [-0.25, -0.2) is 0 Å². The number of hydrogen-bond acceptors (Lipinski definition) is 2. The Morgan fingerprint density at radius 2 is 2.09 bits per heavy atom. The maximum Gasteiger partial charge on any atom is 0.0594 e. The SMILES string of the molecule is CC(C)OCCNC1(C)CC1. The van der Waals surface area contributed by atoms with E-state index >= 15 is 0 Å². The number of rotatable bonds is 5. The summed E-state index contributed by atoms with van der Waals surface area (Å²) in [6, 6.07) is 0. The minimum atomic E-state index is 0.365.